The average molecular weight is 294 g/mol. The minimum absolute atomic E-state index is 0.0611. The van der Waals surface area contributed by atoms with Gasteiger partial charge in [-0.3, -0.25) is 4.57 Å². The van der Waals surface area contributed by atoms with Crippen molar-refractivity contribution in [2.75, 3.05) is 13.7 Å². The average Bonchev–Trinajstić information content (AvgIpc) is 2.79. The number of benzene rings is 1. The summed E-state index contributed by atoms with van der Waals surface area (Å²) >= 11 is 6.19. The first-order valence-electron chi connectivity index (χ1n) is 6.66. The van der Waals surface area contributed by atoms with Gasteiger partial charge in [0.05, 0.1) is 0 Å². The molecule has 0 saturated heterocycles. The zero-order valence-electron chi connectivity index (χ0n) is 12.1. The molecule has 1 heterocycles. The highest BCUT2D eigenvalue weighted by molar-refractivity contribution is 6.28. The van der Waals surface area contributed by atoms with Crippen LogP contribution < -0.4 is 0 Å². The van der Waals surface area contributed by atoms with Crippen molar-refractivity contribution in [3.63, 3.8) is 0 Å². The van der Waals surface area contributed by atoms with Crippen LogP contribution in [0.15, 0.2) is 30.3 Å². The van der Waals surface area contributed by atoms with E-state index in [2.05, 4.69) is 24.0 Å². The Bertz CT molecular complexity index is 552. The molecule has 0 aliphatic rings. The highest BCUT2D eigenvalue weighted by atomic mass is 35.5. The lowest BCUT2D eigenvalue weighted by Crippen LogP contribution is -2.22. The van der Waals surface area contributed by atoms with E-state index < -0.39 is 0 Å². The van der Waals surface area contributed by atoms with Crippen molar-refractivity contribution in [3.8, 4) is 11.4 Å². The topological polar surface area (TPSA) is 39.9 Å². The molecule has 0 fully saturated rings. The zero-order valence-corrected chi connectivity index (χ0v) is 12.9. The van der Waals surface area contributed by atoms with Crippen LogP contribution in [0.3, 0.4) is 0 Å². The van der Waals surface area contributed by atoms with Crippen molar-refractivity contribution >= 4 is 11.6 Å². The predicted molar refractivity (Wildman–Crippen MR) is 80.7 cm³/mol. The Labute approximate surface area is 124 Å². The molecule has 0 N–H and O–H groups in total. The maximum Gasteiger partial charge on any atom is 0.225 e. The van der Waals surface area contributed by atoms with Crippen molar-refractivity contribution in [1.82, 2.24) is 14.8 Å². The van der Waals surface area contributed by atoms with Gasteiger partial charge in [-0.1, -0.05) is 44.2 Å². The summed E-state index contributed by atoms with van der Waals surface area (Å²) in [6.07, 6.45) is 0.951. The van der Waals surface area contributed by atoms with E-state index in [1.165, 1.54) is 0 Å². The van der Waals surface area contributed by atoms with Crippen molar-refractivity contribution < 1.29 is 4.74 Å². The molecule has 0 atom stereocenters. The lowest BCUT2D eigenvalue weighted by molar-refractivity contribution is 0.143. The lowest BCUT2D eigenvalue weighted by Gasteiger charge is -2.25. The van der Waals surface area contributed by atoms with Crippen LogP contribution in [0.4, 0.5) is 0 Å². The van der Waals surface area contributed by atoms with Gasteiger partial charge in [-0.2, -0.15) is 0 Å². The third kappa shape index (κ3) is 3.58. The molecule has 0 bridgehead atoms. The number of nitrogens with zero attached hydrogens (tertiary/aromatic N) is 3. The number of aromatic nitrogens is 3. The van der Waals surface area contributed by atoms with Gasteiger partial charge in [-0.25, -0.2) is 0 Å². The van der Waals surface area contributed by atoms with Crippen molar-refractivity contribution in [3.05, 3.63) is 35.6 Å². The molecule has 1 aromatic heterocycles. The van der Waals surface area contributed by atoms with Gasteiger partial charge in [0.2, 0.25) is 5.28 Å². The number of hydrogen-bond donors (Lipinski definition) is 0. The van der Waals surface area contributed by atoms with Crippen LogP contribution in [0.1, 0.15) is 20.3 Å². The maximum absolute atomic E-state index is 6.19. The van der Waals surface area contributed by atoms with Gasteiger partial charge in [0.15, 0.2) is 5.82 Å². The molecule has 108 valence electrons. The van der Waals surface area contributed by atoms with E-state index in [4.69, 9.17) is 16.3 Å². The Kier molecular flexibility index (Phi) is 4.78. The second-order valence-corrected chi connectivity index (χ2v) is 5.99. The molecule has 0 aliphatic carbocycles. The molecule has 0 spiro atoms. The highest BCUT2D eigenvalue weighted by Crippen LogP contribution is 2.28. The molecule has 0 amide bonds. The van der Waals surface area contributed by atoms with Gasteiger partial charge in [0, 0.05) is 25.8 Å². The fourth-order valence-corrected chi connectivity index (χ4v) is 2.29. The number of methoxy groups -OCH3 is 1. The third-order valence-corrected chi connectivity index (χ3v) is 3.59. The molecular weight excluding hydrogens is 274 g/mol. The minimum atomic E-state index is 0.0611. The maximum atomic E-state index is 6.19. The fourth-order valence-electron chi connectivity index (χ4n) is 2.11. The fraction of sp³-hybridized carbons (Fsp3) is 0.467. The van der Waals surface area contributed by atoms with E-state index in [0.717, 1.165) is 31.0 Å². The summed E-state index contributed by atoms with van der Waals surface area (Å²) < 4.78 is 7.13. The van der Waals surface area contributed by atoms with E-state index in [9.17, 15) is 0 Å². The van der Waals surface area contributed by atoms with Crippen LogP contribution in [-0.2, 0) is 11.3 Å². The van der Waals surface area contributed by atoms with E-state index in [0.29, 0.717) is 5.28 Å². The second kappa shape index (κ2) is 6.37. The molecule has 20 heavy (non-hydrogen) atoms. The van der Waals surface area contributed by atoms with Crippen molar-refractivity contribution in [1.29, 1.82) is 0 Å². The summed E-state index contributed by atoms with van der Waals surface area (Å²) in [6, 6.07) is 9.98. The summed E-state index contributed by atoms with van der Waals surface area (Å²) in [4.78, 5) is 0. The van der Waals surface area contributed by atoms with Gasteiger partial charge in [-0.15, -0.1) is 10.2 Å². The summed E-state index contributed by atoms with van der Waals surface area (Å²) in [5, 5.41) is 8.63. The van der Waals surface area contributed by atoms with Crippen molar-refractivity contribution in [2.24, 2.45) is 5.41 Å². The summed E-state index contributed by atoms with van der Waals surface area (Å²) in [5.74, 6) is 0.807. The van der Waals surface area contributed by atoms with Crippen LogP contribution in [0, 0.1) is 5.41 Å². The SMILES string of the molecule is COCCC(C)(C)Cn1c(Cl)nnc1-c1ccccc1. The van der Waals surface area contributed by atoms with E-state index in [1.807, 2.05) is 34.9 Å². The van der Waals surface area contributed by atoms with E-state index in [1.54, 1.807) is 7.11 Å². The van der Waals surface area contributed by atoms with Crippen LogP contribution in [0.5, 0.6) is 0 Å². The Morgan fingerprint density at radius 3 is 2.55 bits per heavy atom. The van der Waals surface area contributed by atoms with Gasteiger partial charge >= 0.3 is 0 Å². The summed E-state index contributed by atoms with van der Waals surface area (Å²) in [7, 11) is 1.72. The Morgan fingerprint density at radius 2 is 1.90 bits per heavy atom. The third-order valence-electron chi connectivity index (χ3n) is 3.31. The first-order valence-corrected chi connectivity index (χ1v) is 7.04. The molecule has 2 aromatic rings. The summed E-state index contributed by atoms with van der Waals surface area (Å²) in [6.45, 7) is 5.87. The largest absolute Gasteiger partial charge is 0.385 e. The molecule has 0 radical (unpaired) electrons. The highest BCUT2D eigenvalue weighted by Gasteiger charge is 2.22. The van der Waals surface area contributed by atoms with Crippen LogP contribution in [0.25, 0.3) is 11.4 Å². The number of rotatable bonds is 6. The predicted octanol–water partition coefficient (Wildman–Crippen LogP) is 3.66. The van der Waals surface area contributed by atoms with Crippen LogP contribution in [0.2, 0.25) is 5.28 Å². The van der Waals surface area contributed by atoms with Gasteiger partial charge in [0.25, 0.3) is 0 Å². The number of halogens is 1. The molecule has 2 rings (SSSR count). The summed E-state index contributed by atoms with van der Waals surface area (Å²) in [5.41, 5.74) is 1.08. The minimum Gasteiger partial charge on any atom is -0.385 e. The monoisotopic (exact) mass is 293 g/mol. The normalized spacial score (nSPS) is 11.8. The smallest absolute Gasteiger partial charge is 0.225 e. The molecule has 0 unspecified atom stereocenters. The van der Waals surface area contributed by atoms with Crippen LogP contribution >= 0.6 is 11.6 Å². The molecular formula is C15H20ClN3O. The molecule has 1 aromatic carbocycles. The molecule has 0 saturated carbocycles. The molecule has 0 aliphatic heterocycles. The Morgan fingerprint density at radius 1 is 1.20 bits per heavy atom. The lowest BCUT2D eigenvalue weighted by atomic mass is 9.89. The zero-order chi connectivity index (χ0) is 14.6. The quantitative estimate of drug-likeness (QED) is 0.816. The van der Waals surface area contributed by atoms with E-state index in [-0.39, 0.29) is 5.41 Å². The van der Waals surface area contributed by atoms with Gasteiger partial charge < -0.3 is 4.74 Å². The number of hydrogen-bond acceptors (Lipinski definition) is 3. The Hall–Kier alpha value is -1.39. The first kappa shape index (κ1) is 15.0. The standard InChI is InChI=1S/C15H20ClN3O/c1-15(2,9-10-20-3)11-19-13(17-18-14(19)16)12-7-5-4-6-8-12/h4-8H,9-11H2,1-3H3. The second-order valence-electron chi connectivity index (χ2n) is 5.65. The molecule has 5 heteroatoms. The van der Waals surface area contributed by atoms with E-state index >= 15 is 0 Å². The van der Waals surface area contributed by atoms with Crippen molar-refractivity contribution in [2.45, 2.75) is 26.8 Å². The van der Waals surface area contributed by atoms with Crippen LogP contribution in [-0.4, -0.2) is 28.5 Å². The Balaban J connectivity index is 2.26. The number of ether oxygens (including phenoxy) is 1. The van der Waals surface area contributed by atoms with Gasteiger partial charge in [-0.05, 0) is 23.4 Å². The van der Waals surface area contributed by atoms with Gasteiger partial charge in [0.1, 0.15) is 0 Å². The first-order chi connectivity index (χ1) is 9.53. The molecule has 4 nitrogen and oxygen atoms in total.